The van der Waals surface area contributed by atoms with Gasteiger partial charge in [-0.2, -0.15) is 5.10 Å². The monoisotopic (exact) mass is 436 g/mol. The number of amides is 2. The van der Waals surface area contributed by atoms with Crippen LogP contribution >= 0.6 is 0 Å². The molecular weight excluding hydrogens is 415 g/mol. The zero-order valence-electron chi connectivity index (χ0n) is 17.2. The summed E-state index contributed by atoms with van der Waals surface area (Å²) in [6, 6.07) is 7.73. The highest BCUT2D eigenvalue weighted by atomic mass is 19.1. The molecule has 2 aliphatic heterocycles. The normalized spacial score (nSPS) is 19.0. The van der Waals surface area contributed by atoms with E-state index in [0.717, 1.165) is 5.82 Å². The summed E-state index contributed by atoms with van der Waals surface area (Å²) in [5, 5.41) is 4.08. The average molecular weight is 436 g/mol. The SMILES string of the molecule is O=C([C@H]1CC(=O)N(c2cccc(F)c2)C1)N1CCN(c2cc(-n3cncn3)ncn2)CC1. The first kappa shape index (κ1) is 20.0. The Morgan fingerprint density at radius 2 is 1.84 bits per heavy atom. The lowest BCUT2D eigenvalue weighted by atomic mass is 10.1. The van der Waals surface area contributed by atoms with Crippen LogP contribution in [0.25, 0.3) is 5.82 Å². The van der Waals surface area contributed by atoms with E-state index in [2.05, 4.69) is 25.0 Å². The molecule has 1 atom stereocenters. The van der Waals surface area contributed by atoms with Gasteiger partial charge in [0.25, 0.3) is 0 Å². The van der Waals surface area contributed by atoms with Crippen LogP contribution in [0.2, 0.25) is 0 Å². The molecule has 2 amide bonds. The van der Waals surface area contributed by atoms with Gasteiger partial charge in [-0.1, -0.05) is 6.07 Å². The van der Waals surface area contributed by atoms with Crippen molar-refractivity contribution >= 4 is 23.3 Å². The van der Waals surface area contributed by atoms with Crippen LogP contribution in [-0.4, -0.2) is 74.2 Å². The van der Waals surface area contributed by atoms with E-state index in [-0.39, 0.29) is 24.8 Å². The molecule has 0 saturated carbocycles. The topological polar surface area (TPSA) is 100 Å². The van der Waals surface area contributed by atoms with Crippen LogP contribution in [0, 0.1) is 11.7 Å². The Morgan fingerprint density at radius 3 is 2.59 bits per heavy atom. The third-order valence-corrected chi connectivity index (χ3v) is 5.80. The quantitative estimate of drug-likeness (QED) is 0.599. The van der Waals surface area contributed by atoms with E-state index in [4.69, 9.17) is 0 Å². The van der Waals surface area contributed by atoms with E-state index < -0.39 is 11.7 Å². The summed E-state index contributed by atoms with van der Waals surface area (Å²) < 4.78 is 15.1. The summed E-state index contributed by atoms with van der Waals surface area (Å²) in [6.07, 6.45) is 4.63. The third-order valence-electron chi connectivity index (χ3n) is 5.80. The van der Waals surface area contributed by atoms with E-state index >= 15 is 0 Å². The Balaban J connectivity index is 1.21. The van der Waals surface area contributed by atoms with Crippen LogP contribution < -0.4 is 9.80 Å². The van der Waals surface area contributed by atoms with Crippen molar-refractivity contribution in [3.05, 3.63) is 55.1 Å². The number of rotatable bonds is 4. The van der Waals surface area contributed by atoms with E-state index in [1.54, 1.807) is 28.0 Å². The number of aromatic nitrogens is 5. The molecule has 5 rings (SSSR count). The maximum atomic E-state index is 13.5. The number of halogens is 1. The van der Waals surface area contributed by atoms with Crippen molar-refractivity contribution in [2.75, 3.05) is 42.5 Å². The van der Waals surface area contributed by atoms with Gasteiger partial charge in [-0.3, -0.25) is 9.59 Å². The summed E-state index contributed by atoms with van der Waals surface area (Å²) in [6.45, 7) is 2.58. The zero-order valence-corrected chi connectivity index (χ0v) is 17.2. The number of carbonyl (C=O) groups excluding carboxylic acids is 2. The van der Waals surface area contributed by atoms with Crippen molar-refractivity contribution < 1.29 is 14.0 Å². The molecule has 32 heavy (non-hydrogen) atoms. The van der Waals surface area contributed by atoms with Gasteiger partial charge in [0.2, 0.25) is 11.8 Å². The van der Waals surface area contributed by atoms with Crippen LogP contribution in [0.1, 0.15) is 6.42 Å². The second kappa shape index (κ2) is 8.33. The van der Waals surface area contributed by atoms with Crippen molar-refractivity contribution in [2.45, 2.75) is 6.42 Å². The fraction of sp³-hybridized carbons (Fsp3) is 0.333. The predicted molar refractivity (Wildman–Crippen MR) is 113 cm³/mol. The summed E-state index contributed by atoms with van der Waals surface area (Å²) in [5.74, 6) is 0.351. The van der Waals surface area contributed by atoms with E-state index in [0.29, 0.717) is 37.7 Å². The van der Waals surface area contributed by atoms with Gasteiger partial charge in [0.15, 0.2) is 5.82 Å². The first-order chi connectivity index (χ1) is 15.6. The van der Waals surface area contributed by atoms with Crippen LogP contribution in [0.3, 0.4) is 0 Å². The Bertz CT molecular complexity index is 1130. The lowest BCUT2D eigenvalue weighted by Gasteiger charge is -2.36. The molecule has 0 unspecified atom stereocenters. The van der Waals surface area contributed by atoms with Crippen LogP contribution in [0.5, 0.6) is 0 Å². The minimum absolute atomic E-state index is 0.0390. The molecule has 2 saturated heterocycles. The van der Waals surface area contributed by atoms with Gasteiger partial charge in [0.05, 0.1) is 5.92 Å². The number of benzene rings is 1. The van der Waals surface area contributed by atoms with E-state index in [1.807, 2.05) is 6.07 Å². The minimum atomic E-state index is -0.421. The Labute approximate surface area is 183 Å². The van der Waals surface area contributed by atoms with Crippen molar-refractivity contribution in [3.8, 4) is 5.82 Å². The number of piperazine rings is 1. The largest absolute Gasteiger partial charge is 0.353 e. The van der Waals surface area contributed by atoms with Gasteiger partial charge in [-0.25, -0.2) is 24.0 Å². The van der Waals surface area contributed by atoms with Gasteiger partial charge in [-0.15, -0.1) is 0 Å². The van der Waals surface area contributed by atoms with Crippen LogP contribution in [0.4, 0.5) is 15.9 Å². The lowest BCUT2D eigenvalue weighted by molar-refractivity contribution is -0.136. The molecular formula is C21H21FN8O2. The predicted octanol–water partition coefficient (Wildman–Crippen LogP) is 0.898. The fourth-order valence-corrected chi connectivity index (χ4v) is 4.14. The highest BCUT2D eigenvalue weighted by Crippen LogP contribution is 2.27. The number of hydrogen-bond donors (Lipinski definition) is 0. The van der Waals surface area contributed by atoms with Crippen molar-refractivity contribution in [1.29, 1.82) is 0 Å². The summed E-state index contributed by atoms with van der Waals surface area (Å²) in [4.78, 5) is 43.4. The lowest BCUT2D eigenvalue weighted by Crippen LogP contribution is -2.51. The van der Waals surface area contributed by atoms with E-state index in [1.165, 1.54) is 29.7 Å². The maximum Gasteiger partial charge on any atom is 0.228 e. The highest BCUT2D eigenvalue weighted by Gasteiger charge is 2.38. The standard InChI is InChI=1S/C21H21FN8O2/c22-16-2-1-3-17(9-16)29-11-15(8-20(29)31)21(32)28-6-4-27(5-7-28)18-10-19(25-13-24-18)30-14-23-12-26-30/h1-3,9-10,12-15H,4-8,11H2/t15-/m0/s1. The molecule has 0 N–H and O–H groups in total. The molecule has 4 heterocycles. The minimum Gasteiger partial charge on any atom is -0.353 e. The molecule has 2 fully saturated rings. The fourth-order valence-electron chi connectivity index (χ4n) is 4.14. The van der Waals surface area contributed by atoms with Crippen molar-refractivity contribution in [2.24, 2.45) is 5.92 Å². The average Bonchev–Trinajstić information content (AvgIpc) is 3.49. The Morgan fingerprint density at radius 1 is 1.03 bits per heavy atom. The Kier molecular flexibility index (Phi) is 5.21. The molecule has 2 aliphatic rings. The number of hydrogen-bond acceptors (Lipinski definition) is 7. The number of carbonyl (C=O) groups is 2. The molecule has 11 heteroatoms. The Hall–Kier alpha value is -3.89. The number of anilines is 2. The first-order valence-electron chi connectivity index (χ1n) is 10.4. The smallest absolute Gasteiger partial charge is 0.228 e. The highest BCUT2D eigenvalue weighted by molar-refractivity contribution is 6.00. The zero-order chi connectivity index (χ0) is 22.1. The third kappa shape index (κ3) is 3.88. The van der Waals surface area contributed by atoms with Gasteiger partial charge in [0, 0.05) is 50.9 Å². The summed E-state index contributed by atoms with van der Waals surface area (Å²) in [7, 11) is 0. The molecule has 164 valence electrons. The molecule has 0 spiro atoms. The molecule has 3 aromatic rings. The van der Waals surface area contributed by atoms with Gasteiger partial charge in [-0.05, 0) is 18.2 Å². The molecule has 1 aromatic carbocycles. The molecule has 2 aromatic heterocycles. The maximum absolute atomic E-state index is 13.5. The molecule has 0 radical (unpaired) electrons. The molecule has 10 nitrogen and oxygen atoms in total. The molecule has 0 bridgehead atoms. The van der Waals surface area contributed by atoms with Gasteiger partial charge < -0.3 is 14.7 Å². The summed E-state index contributed by atoms with van der Waals surface area (Å²) in [5.41, 5.74) is 0.488. The van der Waals surface area contributed by atoms with Gasteiger partial charge in [0.1, 0.15) is 30.6 Å². The second-order valence-corrected chi connectivity index (χ2v) is 7.77. The first-order valence-corrected chi connectivity index (χ1v) is 10.4. The van der Waals surface area contributed by atoms with Crippen LogP contribution in [0.15, 0.2) is 49.3 Å². The van der Waals surface area contributed by atoms with Crippen molar-refractivity contribution in [3.63, 3.8) is 0 Å². The number of nitrogens with zero attached hydrogens (tertiary/aromatic N) is 8. The van der Waals surface area contributed by atoms with Gasteiger partial charge >= 0.3 is 0 Å². The van der Waals surface area contributed by atoms with E-state index in [9.17, 15) is 14.0 Å². The van der Waals surface area contributed by atoms with Crippen LogP contribution in [-0.2, 0) is 9.59 Å². The molecule has 0 aliphatic carbocycles. The second-order valence-electron chi connectivity index (χ2n) is 7.77. The van der Waals surface area contributed by atoms with Crippen molar-refractivity contribution in [1.82, 2.24) is 29.6 Å². The summed E-state index contributed by atoms with van der Waals surface area (Å²) >= 11 is 0.